The zero-order chi connectivity index (χ0) is 12.8. The summed E-state index contributed by atoms with van der Waals surface area (Å²) in [6, 6.07) is 4.68. The van der Waals surface area contributed by atoms with Gasteiger partial charge in [0.15, 0.2) is 0 Å². The van der Waals surface area contributed by atoms with Crippen molar-refractivity contribution >= 4 is 11.9 Å². The second-order valence-electron chi connectivity index (χ2n) is 3.47. The van der Waals surface area contributed by atoms with Crippen LogP contribution in [0.1, 0.15) is 19.4 Å². The van der Waals surface area contributed by atoms with Gasteiger partial charge in [0.05, 0.1) is 0 Å². The van der Waals surface area contributed by atoms with Crippen molar-refractivity contribution in [2.45, 2.75) is 20.3 Å². The van der Waals surface area contributed by atoms with E-state index in [0.29, 0.717) is 17.9 Å². The third-order valence-corrected chi connectivity index (χ3v) is 1.86. The smallest absolute Gasteiger partial charge is 0.308 e. The molecule has 0 aliphatic rings. The minimum atomic E-state index is -0.458. The van der Waals surface area contributed by atoms with Crippen LogP contribution in [0.3, 0.4) is 0 Å². The van der Waals surface area contributed by atoms with Gasteiger partial charge in [0.25, 0.3) is 0 Å². The Morgan fingerprint density at radius 3 is 1.88 bits per heavy atom. The molecule has 1 aromatic rings. The molecule has 1 rings (SSSR count). The summed E-state index contributed by atoms with van der Waals surface area (Å²) in [6.07, 6.45) is 0.392. The Morgan fingerprint density at radius 1 is 1.06 bits per heavy atom. The van der Waals surface area contributed by atoms with Crippen molar-refractivity contribution in [1.82, 2.24) is 0 Å². The van der Waals surface area contributed by atoms with E-state index in [9.17, 15) is 9.59 Å². The molecular formula is C12H14O5. The molecule has 0 bridgehead atoms. The number of carbonyl (C=O) groups excluding carboxylic acids is 2. The van der Waals surface area contributed by atoms with Crippen LogP contribution >= 0.6 is 0 Å². The van der Waals surface area contributed by atoms with E-state index in [1.165, 1.54) is 19.9 Å². The largest absolute Gasteiger partial charge is 0.427 e. The van der Waals surface area contributed by atoms with Crippen LogP contribution < -0.4 is 9.47 Å². The number of ether oxygens (including phenoxy) is 2. The van der Waals surface area contributed by atoms with E-state index < -0.39 is 11.9 Å². The topological polar surface area (TPSA) is 72.8 Å². The molecule has 0 atom stereocenters. The molecule has 0 saturated heterocycles. The van der Waals surface area contributed by atoms with Crippen molar-refractivity contribution < 1.29 is 24.2 Å². The maximum absolute atomic E-state index is 10.8. The number of aliphatic hydroxyl groups excluding tert-OH is 1. The molecule has 92 valence electrons. The summed E-state index contributed by atoms with van der Waals surface area (Å²) in [5, 5.41) is 8.85. The van der Waals surface area contributed by atoms with Gasteiger partial charge < -0.3 is 14.6 Å². The molecule has 0 heterocycles. The summed E-state index contributed by atoms with van der Waals surface area (Å²) in [4.78, 5) is 21.7. The lowest BCUT2D eigenvalue weighted by Crippen LogP contribution is -2.05. The summed E-state index contributed by atoms with van der Waals surface area (Å²) in [6.45, 7) is 2.53. The summed E-state index contributed by atoms with van der Waals surface area (Å²) < 4.78 is 9.82. The van der Waals surface area contributed by atoms with Crippen molar-refractivity contribution in [2.75, 3.05) is 6.61 Å². The van der Waals surface area contributed by atoms with Crippen LogP contribution in [-0.2, 0) is 16.0 Å². The molecule has 17 heavy (non-hydrogen) atoms. The molecule has 0 fully saturated rings. The van der Waals surface area contributed by atoms with Crippen LogP contribution in [0.2, 0.25) is 0 Å². The Balaban J connectivity index is 2.99. The van der Waals surface area contributed by atoms with Crippen molar-refractivity contribution in [2.24, 2.45) is 0 Å². The van der Waals surface area contributed by atoms with Crippen molar-refractivity contribution in [1.29, 1.82) is 0 Å². The van der Waals surface area contributed by atoms with E-state index in [1.54, 1.807) is 12.1 Å². The number of carbonyl (C=O) groups is 2. The van der Waals surface area contributed by atoms with Crippen molar-refractivity contribution in [3.05, 3.63) is 23.8 Å². The molecule has 0 aromatic heterocycles. The molecule has 5 heteroatoms. The lowest BCUT2D eigenvalue weighted by molar-refractivity contribution is -0.132. The summed E-state index contributed by atoms with van der Waals surface area (Å²) in [5.74, 6) is -0.334. The van der Waals surface area contributed by atoms with Crippen molar-refractivity contribution in [3.63, 3.8) is 0 Å². The zero-order valence-corrected chi connectivity index (χ0v) is 9.73. The minimum absolute atomic E-state index is 0.0387. The lowest BCUT2D eigenvalue weighted by Gasteiger charge is -2.08. The standard InChI is InChI=1S/C12H14O5/c1-8(14)16-11-5-10(3-4-13)6-12(7-11)17-9(2)15/h5-7,13H,3-4H2,1-2H3. The molecular weight excluding hydrogens is 224 g/mol. The average Bonchev–Trinajstić information content (AvgIpc) is 2.14. The van der Waals surface area contributed by atoms with Crippen molar-refractivity contribution in [3.8, 4) is 11.5 Å². The van der Waals surface area contributed by atoms with Crippen LogP contribution in [0.15, 0.2) is 18.2 Å². The highest BCUT2D eigenvalue weighted by atomic mass is 16.5. The van der Waals surface area contributed by atoms with Gasteiger partial charge in [-0.15, -0.1) is 0 Å². The van der Waals surface area contributed by atoms with Gasteiger partial charge in [0, 0.05) is 26.5 Å². The molecule has 1 N–H and O–H groups in total. The van der Waals surface area contributed by atoms with Gasteiger partial charge in [-0.25, -0.2) is 0 Å². The van der Waals surface area contributed by atoms with Crippen LogP contribution in [0.25, 0.3) is 0 Å². The molecule has 1 aromatic carbocycles. The van der Waals surface area contributed by atoms with Crippen LogP contribution in [-0.4, -0.2) is 23.7 Å². The Hall–Kier alpha value is -1.88. The maximum Gasteiger partial charge on any atom is 0.308 e. The second-order valence-corrected chi connectivity index (χ2v) is 3.47. The van der Waals surface area contributed by atoms with Crippen LogP contribution in [0, 0.1) is 0 Å². The van der Waals surface area contributed by atoms with E-state index in [0.717, 1.165) is 5.56 Å². The maximum atomic E-state index is 10.8. The molecule has 0 aliphatic carbocycles. The Labute approximate surface area is 99.0 Å². The first kappa shape index (κ1) is 13.2. The third-order valence-electron chi connectivity index (χ3n) is 1.86. The highest BCUT2D eigenvalue weighted by Gasteiger charge is 2.06. The van der Waals surface area contributed by atoms with E-state index in [2.05, 4.69) is 0 Å². The first-order valence-electron chi connectivity index (χ1n) is 5.13. The van der Waals surface area contributed by atoms with Crippen LogP contribution in [0.5, 0.6) is 11.5 Å². The number of hydrogen-bond acceptors (Lipinski definition) is 5. The predicted molar refractivity (Wildman–Crippen MR) is 59.8 cm³/mol. The Kier molecular flexibility index (Phi) is 4.66. The molecule has 0 unspecified atom stereocenters. The molecule has 0 saturated carbocycles. The van der Waals surface area contributed by atoms with E-state index in [4.69, 9.17) is 14.6 Å². The first-order chi connectivity index (χ1) is 8.01. The molecule has 0 amide bonds. The minimum Gasteiger partial charge on any atom is -0.427 e. The fourth-order valence-electron chi connectivity index (χ4n) is 1.35. The lowest BCUT2D eigenvalue weighted by atomic mass is 10.1. The Bertz CT molecular complexity index is 391. The van der Waals surface area contributed by atoms with Gasteiger partial charge in [-0.2, -0.15) is 0 Å². The number of benzene rings is 1. The van der Waals surface area contributed by atoms with E-state index in [1.807, 2.05) is 0 Å². The first-order valence-corrected chi connectivity index (χ1v) is 5.13. The molecule has 0 spiro atoms. The molecule has 0 aliphatic heterocycles. The zero-order valence-electron chi connectivity index (χ0n) is 9.73. The summed E-state index contributed by atoms with van der Waals surface area (Å²) in [7, 11) is 0. The molecule has 5 nitrogen and oxygen atoms in total. The average molecular weight is 238 g/mol. The monoisotopic (exact) mass is 238 g/mol. The van der Waals surface area contributed by atoms with Crippen LogP contribution in [0.4, 0.5) is 0 Å². The second kappa shape index (κ2) is 6.00. The van der Waals surface area contributed by atoms with Gasteiger partial charge in [-0.3, -0.25) is 9.59 Å². The van der Waals surface area contributed by atoms with Gasteiger partial charge in [0.1, 0.15) is 11.5 Å². The fourth-order valence-corrected chi connectivity index (χ4v) is 1.35. The Morgan fingerprint density at radius 2 is 1.53 bits per heavy atom. The highest BCUT2D eigenvalue weighted by molar-refractivity contribution is 5.71. The van der Waals surface area contributed by atoms with E-state index in [-0.39, 0.29) is 6.61 Å². The van der Waals surface area contributed by atoms with E-state index >= 15 is 0 Å². The quantitative estimate of drug-likeness (QED) is 0.627. The highest BCUT2D eigenvalue weighted by Crippen LogP contribution is 2.23. The number of rotatable bonds is 4. The number of aliphatic hydroxyl groups is 1. The van der Waals surface area contributed by atoms with Gasteiger partial charge in [-0.1, -0.05) is 0 Å². The third kappa shape index (κ3) is 4.65. The fraction of sp³-hybridized carbons (Fsp3) is 0.333. The number of esters is 2. The van der Waals surface area contributed by atoms with Gasteiger partial charge in [0.2, 0.25) is 0 Å². The summed E-state index contributed by atoms with van der Waals surface area (Å²) >= 11 is 0. The SMILES string of the molecule is CC(=O)Oc1cc(CCO)cc(OC(C)=O)c1. The molecule has 0 radical (unpaired) electrons. The van der Waals surface area contributed by atoms with Gasteiger partial charge in [-0.05, 0) is 24.1 Å². The number of hydrogen-bond donors (Lipinski definition) is 1. The summed E-state index contributed by atoms with van der Waals surface area (Å²) in [5.41, 5.74) is 0.725. The predicted octanol–water partition coefficient (Wildman–Crippen LogP) is 1.07. The van der Waals surface area contributed by atoms with Gasteiger partial charge >= 0.3 is 11.9 Å². The normalized spacial score (nSPS) is 9.82.